The number of hydrogen-bond acceptors (Lipinski definition) is 6. The predicted molar refractivity (Wildman–Crippen MR) is 114 cm³/mol. The van der Waals surface area contributed by atoms with Crippen molar-refractivity contribution in [2.75, 3.05) is 13.7 Å². The van der Waals surface area contributed by atoms with Crippen LogP contribution < -0.4 is 10.2 Å². The molecular formula is C23H32N2O4. The van der Waals surface area contributed by atoms with Crippen LogP contribution in [0.25, 0.3) is 5.57 Å². The summed E-state index contributed by atoms with van der Waals surface area (Å²) in [4.78, 5) is 12.7. The number of aliphatic hydroxyl groups excluding tert-OH is 2. The molecule has 0 heterocycles. The fourth-order valence-electron chi connectivity index (χ4n) is 4.12. The van der Waals surface area contributed by atoms with Gasteiger partial charge in [-0.15, -0.1) is 0 Å². The minimum Gasteiger partial charge on any atom is -0.497 e. The van der Waals surface area contributed by atoms with E-state index >= 15 is 0 Å². The molecule has 2 aliphatic rings. The minimum atomic E-state index is -0.888. The molecule has 6 nitrogen and oxygen atoms in total. The average molecular weight is 401 g/mol. The number of aryl methyl sites for hydroxylation is 1. The summed E-state index contributed by atoms with van der Waals surface area (Å²) < 4.78 is 5.35. The first-order chi connectivity index (χ1) is 13.8. The molecule has 0 spiro atoms. The molecule has 0 aliphatic heterocycles. The largest absolute Gasteiger partial charge is 0.497 e. The number of Topliss-reactive ketones (excluding diaryl/α,β-unsaturated/α-hetero) is 1. The van der Waals surface area contributed by atoms with Crippen LogP contribution >= 0.6 is 0 Å². The molecule has 158 valence electrons. The third-order valence-corrected chi connectivity index (χ3v) is 6.22. The van der Waals surface area contributed by atoms with Crippen molar-refractivity contribution in [3.63, 3.8) is 0 Å². The van der Waals surface area contributed by atoms with Crippen molar-refractivity contribution in [2.24, 2.45) is 10.5 Å². The van der Waals surface area contributed by atoms with E-state index in [0.717, 1.165) is 30.7 Å². The number of carbonyl (C=O) groups excluding carboxylic acids is 1. The maximum Gasteiger partial charge on any atom is 0.145 e. The Morgan fingerprint density at radius 1 is 1.28 bits per heavy atom. The molecule has 3 atom stereocenters. The van der Waals surface area contributed by atoms with Crippen molar-refractivity contribution in [3.8, 4) is 5.75 Å². The summed E-state index contributed by atoms with van der Waals surface area (Å²) in [6.07, 6.45) is 5.37. The summed E-state index contributed by atoms with van der Waals surface area (Å²) in [5.74, 6) is 1.08. The normalized spacial score (nSPS) is 26.4. The Morgan fingerprint density at radius 2 is 2.07 bits per heavy atom. The van der Waals surface area contributed by atoms with Gasteiger partial charge in [0.05, 0.1) is 37.0 Å². The highest BCUT2D eigenvalue weighted by Crippen LogP contribution is 2.39. The quantitative estimate of drug-likeness (QED) is 0.612. The van der Waals surface area contributed by atoms with Crippen LogP contribution in [0.1, 0.15) is 57.1 Å². The van der Waals surface area contributed by atoms with Gasteiger partial charge in [0.15, 0.2) is 0 Å². The van der Waals surface area contributed by atoms with Crippen LogP contribution in [-0.4, -0.2) is 47.6 Å². The van der Waals surface area contributed by atoms with Crippen LogP contribution in [0.3, 0.4) is 0 Å². The second-order valence-corrected chi connectivity index (χ2v) is 8.29. The molecule has 0 saturated heterocycles. The van der Waals surface area contributed by atoms with E-state index in [4.69, 9.17) is 4.74 Å². The van der Waals surface area contributed by atoms with E-state index in [-0.39, 0.29) is 12.3 Å². The molecular weight excluding hydrogens is 368 g/mol. The van der Waals surface area contributed by atoms with Gasteiger partial charge in [0.25, 0.3) is 0 Å². The lowest BCUT2D eigenvalue weighted by Crippen LogP contribution is -2.35. The maximum absolute atomic E-state index is 12.7. The SMILES string of the molecule is COc1ccc2c(c1)CCC/C2=C\C[C@@]1(C)C(=O)CC/C1=N\NC[C@H](O)[C@H](C)O. The molecule has 0 radical (unpaired) electrons. The zero-order valence-electron chi connectivity index (χ0n) is 17.6. The first-order valence-electron chi connectivity index (χ1n) is 10.4. The zero-order chi connectivity index (χ0) is 21.0. The van der Waals surface area contributed by atoms with E-state index in [2.05, 4.69) is 28.7 Å². The Hall–Kier alpha value is -2.18. The first-order valence-corrected chi connectivity index (χ1v) is 10.4. The van der Waals surface area contributed by atoms with Gasteiger partial charge in [0.1, 0.15) is 11.5 Å². The fourth-order valence-corrected chi connectivity index (χ4v) is 4.12. The lowest BCUT2D eigenvalue weighted by molar-refractivity contribution is -0.123. The lowest BCUT2D eigenvalue weighted by atomic mass is 9.80. The fraction of sp³-hybridized carbons (Fsp3) is 0.565. The van der Waals surface area contributed by atoms with Crippen molar-refractivity contribution in [1.82, 2.24) is 5.43 Å². The minimum absolute atomic E-state index is 0.154. The Balaban J connectivity index is 1.76. The molecule has 2 aliphatic carbocycles. The van der Waals surface area contributed by atoms with Crippen molar-refractivity contribution in [3.05, 3.63) is 35.4 Å². The number of rotatable bonds is 7. The van der Waals surface area contributed by atoms with Gasteiger partial charge in [0.2, 0.25) is 0 Å². The van der Waals surface area contributed by atoms with Gasteiger partial charge in [-0.3, -0.25) is 4.79 Å². The Labute approximate surface area is 172 Å². The number of benzene rings is 1. The van der Waals surface area contributed by atoms with Gasteiger partial charge >= 0.3 is 0 Å². The van der Waals surface area contributed by atoms with Crippen LogP contribution in [0.5, 0.6) is 5.75 Å². The van der Waals surface area contributed by atoms with E-state index < -0.39 is 17.6 Å². The number of fused-ring (bicyclic) bond motifs is 1. The van der Waals surface area contributed by atoms with Crippen molar-refractivity contribution >= 4 is 17.1 Å². The van der Waals surface area contributed by atoms with Gasteiger partial charge < -0.3 is 20.4 Å². The number of aliphatic hydroxyl groups is 2. The molecule has 0 unspecified atom stereocenters. The van der Waals surface area contributed by atoms with Gasteiger partial charge in [-0.05, 0) is 74.8 Å². The van der Waals surface area contributed by atoms with E-state index in [1.807, 2.05) is 13.0 Å². The number of ether oxygens (including phenoxy) is 1. The average Bonchev–Trinajstić information content (AvgIpc) is 3.00. The van der Waals surface area contributed by atoms with E-state index in [0.29, 0.717) is 19.3 Å². The molecule has 0 aromatic heterocycles. The monoisotopic (exact) mass is 400 g/mol. The van der Waals surface area contributed by atoms with Crippen molar-refractivity contribution in [1.29, 1.82) is 0 Å². The highest BCUT2D eigenvalue weighted by Gasteiger charge is 2.42. The molecule has 1 fully saturated rings. The topological polar surface area (TPSA) is 91.2 Å². The molecule has 3 rings (SSSR count). The standard InChI is InChI=1S/C23H32N2O4/c1-15(26)20(27)14-24-25-21-9-10-22(28)23(21,2)12-11-16-5-4-6-17-13-18(29-3)7-8-19(16)17/h7-8,11,13,15,20,24,26-27H,4-6,9-10,12,14H2,1-3H3/b16-11+,25-21+/t15-,20-,23+/m0/s1. The van der Waals surface area contributed by atoms with Gasteiger partial charge in [-0.25, -0.2) is 0 Å². The van der Waals surface area contributed by atoms with Crippen LogP contribution in [0.2, 0.25) is 0 Å². The van der Waals surface area contributed by atoms with Crippen LogP contribution in [0, 0.1) is 5.41 Å². The third-order valence-electron chi connectivity index (χ3n) is 6.22. The van der Waals surface area contributed by atoms with Crippen molar-refractivity contribution in [2.45, 2.75) is 64.6 Å². The third kappa shape index (κ3) is 4.70. The van der Waals surface area contributed by atoms with Crippen LogP contribution in [-0.2, 0) is 11.2 Å². The maximum atomic E-state index is 12.7. The van der Waals surface area contributed by atoms with E-state index in [1.165, 1.54) is 23.6 Å². The molecule has 0 amide bonds. The van der Waals surface area contributed by atoms with Gasteiger partial charge in [0, 0.05) is 6.42 Å². The summed E-state index contributed by atoms with van der Waals surface area (Å²) in [7, 11) is 1.68. The second kappa shape index (κ2) is 9.09. The summed E-state index contributed by atoms with van der Waals surface area (Å²) in [6.45, 7) is 3.65. The molecule has 1 saturated carbocycles. The van der Waals surface area contributed by atoms with Crippen LogP contribution in [0.15, 0.2) is 29.4 Å². The number of hydrogen-bond donors (Lipinski definition) is 3. The summed E-state index contributed by atoms with van der Waals surface area (Å²) in [5.41, 5.74) is 6.87. The number of hydrazone groups is 1. The summed E-state index contributed by atoms with van der Waals surface area (Å²) >= 11 is 0. The number of ketones is 1. The molecule has 1 aromatic rings. The molecule has 1 aromatic carbocycles. The van der Waals surface area contributed by atoms with E-state index in [1.54, 1.807) is 7.11 Å². The number of methoxy groups -OCH3 is 1. The smallest absolute Gasteiger partial charge is 0.145 e. The number of carbonyl (C=O) groups is 1. The Kier molecular flexibility index (Phi) is 6.75. The number of nitrogens with one attached hydrogen (secondary N) is 1. The molecule has 6 heteroatoms. The molecule has 29 heavy (non-hydrogen) atoms. The van der Waals surface area contributed by atoms with Gasteiger partial charge in [-0.2, -0.15) is 5.10 Å². The number of allylic oxidation sites excluding steroid dienone is 2. The summed E-state index contributed by atoms with van der Waals surface area (Å²) in [5, 5.41) is 23.5. The Bertz CT molecular complexity index is 815. The second-order valence-electron chi connectivity index (χ2n) is 8.29. The lowest BCUT2D eigenvalue weighted by Gasteiger charge is -2.24. The molecule has 3 N–H and O–H groups in total. The van der Waals surface area contributed by atoms with E-state index in [9.17, 15) is 15.0 Å². The molecule has 0 bridgehead atoms. The number of nitrogens with zero attached hydrogens (tertiary/aromatic N) is 1. The highest BCUT2D eigenvalue weighted by molar-refractivity contribution is 6.15. The highest BCUT2D eigenvalue weighted by atomic mass is 16.5. The first kappa shape index (κ1) is 21.5. The van der Waals surface area contributed by atoms with Crippen LogP contribution in [0.4, 0.5) is 0 Å². The van der Waals surface area contributed by atoms with Crippen molar-refractivity contribution < 1.29 is 19.7 Å². The van der Waals surface area contributed by atoms with Gasteiger partial charge in [-0.1, -0.05) is 12.1 Å². The Morgan fingerprint density at radius 3 is 2.79 bits per heavy atom. The predicted octanol–water partition coefficient (Wildman–Crippen LogP) is 2.86. The summed E-state index contributed by atoms with van der Waals surface area (Å²) in [6, 6.07) is 6.21. The zero-order valence-corrected chi connectivity index (χ0v) is 17.6.